The van der Waals surface area contributed by atoms with Crippen LogP contribution in [0.3, 0.4) is 0 Å². The molecule has 1 aliphatic heterocycles. The molecule has 0 bridgehead atoms. The summed E-state index contributed by atoms with van der Waals surface area (Å²) in [6.07, 6.45) is 0. The van der Waals surface area contributed by atoms with E-state index in [1.54, 1.807) is 0 Å². The Bertz CT molecular complexity index is 3190. The van der Waals surface area contributed by atoms with Crippen LogP contribution in [0.5, 0.6) is 0 Å². The van der Waals surface area contributed by atoms with E-state index in [0.29, 0.717) is 0 Å². The average molecular weight is 675 g/mol. The quantitative estimate of drug-likeness (QED) is 0.173. The minimum atomic E-state index is -0.140. The zero-order valence-corrected chi connectivity index (χ0v) is 29.6. The second-order valence-electron chi connectivity index (χ2n) is 15.3. The average Bonchev–Trinajstić information content (AvgIpc) is 3.77. The van der Waals surface area contributed by atoms with Gasteiger partial charge in [0.2, 0.25) is 0 Å². The van der Waals surface area contributed by atoms with Gasteiger partial charge in [-0.1, -0.05) is 129 Å². The first kappa shape index (κ1) is 29.0. The predicted octanol–water partition coefficient (Wildman–Crippen LogP) is 13.5. The summed E-state index contributed by atoms with van der Waals surface area (Å²) in [4.78, 5) is 0. The van der Waals surface area contributed by atoms with Crippen molar-refractivity contribution in [2.75, 3.05) is 0 Å². The van der Waals surface area contributed by atoms with E-state index >= 15 is 0 Å². The SMILES string of the molecule is CC1(C)c2ccccc2-c2ccc3c(c21)c1cc(-c2cc4c5c(c2)c2ccccc2n5-c2ccccc2-c2ccccc2-4)ccc1n3-c1ccccc1. The van der Waals surface area contributed by atoms with E-state index in [2.05, 4.69) is 193 Å². The fourth-order valence-corrected chi connectivity index (χ4v) is 9.99. The molecule has 2 heteroatoms. The highest BCUT2D eigenvalue weighted by molar-refractivity contribution is 6.19. The lowest BCUT2D eigenvalue weighted by Gasteiger charge is -2.22. The number of benzene rings is 8. The number of fused-ring (bicyclic) bond motifs is 15. The van der Waals surface area contributed by atoms with E-state index in [4.69, 9.17) is 0 Å². The molecule has 0 saturated heterocycles. The minimum Gasteiger partial charge on any atom is -0.309 e. The fraction of sp³-hybridized carbons (Fsp3) is 0.0588. The summed E-state index contributed by atoms with van der Waals surface area (Å²) in [5, 5.41) is 5.20. The predicted molar refractivity (Wildman–Crippen MR) is 223 cm³/mol. The highest BCUT2D eigenvalue weighted by atomic mass is 15.0. The highest BCUT2D eigenvalue weighted by Crippen LogP contribution is 2.54. The van der Waals surface area contributed by atoms with Crippen LogP contribution < -0.4 is 0 Å². The maximum absolute atomic E-state index is 2.50. The first-order valence-electron chi connectivity index (χ1n) is 18.6. The summed E-state index contributed by atoms with van der Waals surface area (Å²) in [5.41, 5.74) is 20.3. The van der Waals surface area contributed by atoms with Crippen molar-refractivity contribution in [1.82, 2.24) is 9.13 Å². The molecule has 8 aromatic carbocycles. The third-order valence-corrected chi connectivity index (χ3v) is 12.2. The molecule has 10 aromatic rings. The molecule has 0 amide bonds. The van der Waals surface area contributed by atoms with E-state index in [0.717, 1.165) is 0 Å². The Morgan fingerprint density at radius 2 is 1.04 bits per heavy atom. The number of rotatable bonds is 2. The van der Waals surface area contributed by atoms with Gasteiger partial charge in [0, 0.05) is 43.8 Å². The molecule has 0 spiro atoms. The van der Waals surface area contributed by atoms with Gasteiger partial charge in [-0.05, 0) is 99.1 Å². The molecule has 0 unspecified atom stereocenters. The Hall–Kier alpha value is -6.64. The molecular weight excluding hydrogens is 641 g/mol. The van der Waals surface area contributed by atoms with Crippen molar-refractivity contribution in [3.8, 4) is 55.9 Å². The Kier molecular flexibility index (Phi) is 5.60. The lowest BCUT2D eigenvalue weighted by molar-refractivity contribution is 0.666. The molecule has 2 nitrogen and oxygen atoms in total. The van der Waals surface area contributed by atoms with Crippen LogP contribution in [0, 0.1) is 0 Å². The van der Waals surface area contributed by atoms with Crippen LogP contribution >= 0.6 is 0 Å². The summed E-state index contributed by atoms with van der Waals surface area (Å²) in [7, 11) is 0. The van der Waals surface area contributed by atoms with E-state index in [1.165, 1.54) is 111 Å². The van der Waals surface area contributed by atoms with Crippen LogP contribution in [-0.4, -0.2) is 9.13 Å². The maximum Gasteiger partial charge on any atom is 0.0620 e. The van der Waals surface area contributed by atoms with E-state index in [-0.39, 0.29) is 5.41 Å². The van der Waals surface area contributed by atoms with Gasteiger partial charge in [0.15, 0.2) is 0 Å². The molecule has 248 valence electrons. The second kappa shape index (κ2) is 10.2. The minimum absolute atomic E-state index is 0.140. The van der Waals surface area contributed by atoms with Crippen LogP contribution in [0.1, 0.15) is 25.0 Å². The standard InChI is InChI=1S/C51H34N2/c1-51(2)43-21-11-8-18-36(43)39-25-27-47-48(49(39)51)42-28-31(24-26-46(42)52(47)33-14-4-3-5-15-33)32-29-40-35-17-7-6-16-34(35)37-19-9-12-22-44(37)53-45-23-13-10-20-38(45)41(30-32)50(40)53/h3-30H,1-2H3. The molecule has 0 radical (unpaired) electrons. The number of hydrogen-bond acceptors (Lipinski definition) is 0. The number of para-hydroxylation sites is 3. The molecule has 12 rings (SSSR count). The molecule has 2 aromatic heterocycles. The molecule has 53 heavy (non-hydrogen) atoms. The molecule has 3 heterocycles. The molecule has 2 aliphatic rings. The van der Waals surface area contributed by atoms with Crippen molar-refractivity contribution < 1.29 is 0 Å². The van der Waals surface area contributed by atoms with Crippen molar-refractivity contribution in [2.45, 2.75) is 19.3 Å². The van der Waals surface area contributed by atoms with Crippen molar-refractivity contribution in [1.29, 1.82) is 0 Å². The lowest BCUT2D eigenvalue weighted by atomic mass is 9.80. The summed E-state index contributed by atoms with van der Waals surface area (Å²) in [6, 6.07) is 63.3. The molecular formula is C51H34N2. The van der Waals surface area contributed by atoms with Gasteiger partial charge in [-0.2, -0.15) is 0 Å². The van der Waals surface area contributed by atoms with E-state index < -0.39 is 0 Å². The zero-order valence-electron chi connectivity index (χ0n) is 29.6. The number of hydrogen-bond donors (Lipinski definition) is 0. The van der Waals surface area contributed by atoms with Crippen LogP contribution in [0.2, 0.25) is 0 Å². The van der Waals surface area contributed by atoms with E-state index in [9.17, 15) is 0 Å². The summed E-state index contributed by atoms with van der Waals surface area (Å²) in [5.74, 6) is 0. The summed E-state index contributed by atoms with van der Waals surface area (Å²) < 4.78 is 4.96. The Morgan fingerprint density at radius 1 is 0.396 bits per heavy atom. The Labute approximate surface area is 307 Å². The van der Waals surface area contributed by atoms with Crippen molar-refractivity contribution in [3.05, 3.63) is 181 Å². The lowest BCUT2D eigenvalue weighted by Crippen LogP contribution is -2.15. The normalized spacial score (nSPS) is 13.6. The first-order valence-corrected chi connectivity index (χ1v) is 18.6. The van der Waals surface area contributed by atoms with Gasteiger partial charge < -0.3 is 9.13 Å². The Balaban J connectivity index is 1.20. The van der Waals surface area contributed by atoms with Gasteiger partial charge in [0.25, 0.3) is 0 Å². The first-order chi connectivity index (χ1) is 26.1. The largest absolute Gasteiger partial charge is 0.309 e. The second-order valence-corrected chi connectivity index (χ2v) is 15.3. The van der Waals surface area contributed by atoms with Gasteiger partial charge in [-0.3, -0.25) is 0 Å². The van der Waals surface area contributed by atoms with Gasteiger partial charge in [-0.15, -0.1) is 0 Å². The monoisotopic (exact) mass is 674 g/mol. The topological polar surface area (TPSA) is 9.86 Å². The highest BCUT2D eigenvalue weighted by Gasteiger charge is 2.38. The van der Waals surface area contributed by atoms with Crippen LogP contribution in [-0.2, 0) is 5.41 Å². The van der Waals surface area contributed by atoms with Gasteiger partial charge >= 0.3 is 0 Å². The molecule has 0 fully saturated rings. The van der Waals surface area contributed by atoms with Crippen LogP contribution in [0.4, 0.5) is 0 Å². The van der Waals surface area contributed by atoms with Crippen molar-refractivity contribution in [3.63, 3.8) is 0 Å². The fourth-order valence-electron chi connectivity index (χ4n) is 9.99. The van der Waals surface area contributed by atoms with Crippen LogP contribution in [0.25, 0.3) is 99.5 Å². The third-order valence-electron chi connectivity index (χ3n) is 12.2. The van der Waals surface area contributed by atoms with Gasteiger partial charge in [0.1, 0.15) is 0 Å². The van der Waals surface area contributed by atoms with E-state index in [1.807, 2.05) is 0 Å². The third kappa shape index (κ3) is 3.72. The molecule has 1 aliphatic carbocycles. The summed E-state index contributed by atoms with van der Waals surface area (Å²) in [6.45, 7) is 4.80. The van der Waals surface area contributed by atoms with Crippen molar-refractivity contribution in [2.24, 2.45) is 0 Å². The Morgan fingerprint density at radius 3 is 1.89 bits per heavy atom. The molecule has 0 atom stereocenters. The number of nitrogens with zero attached hydrogens (tertiary/aromatic N) is 2. The number of aromatic nitrogens is 2. The smallest absolute Gasteiger partial charge is 0.0620 e. The maximum atomic E-state index is 2.50. The van der Waals surface area contributed by atoms with Crippen LogP contribution in [0.15, 0.2) is 170 Å². The zero-order chi connectivity index (χ0) is 35.0. The molecule has 0 saturated carbocycles. The molecule has 0 N–H and O–H groups in total. The van der Waals surface area contributed by atoms with Gasteiger partial charge in [0.05, 0.1) is 27.8 Å². The van der Waals surface area contributed by atoms with Crippen molar-refractivity contribution >= 4 is 43.6 Å². The summed E-state index contributed by atoms with van der Waals surface area (Å²) >= 11 is 0. The van der Waals surface area contributed by atoms with Gasteiger partial charge in [-0.25, -0.2) is 0 Å².